The van der Waals surface area contributed by atoms with Gasteiger partial charge in [0.1, 0.15) is 5.75 Å². The molecule has 150 valence electrons. The monoisotopic (exact) mass is 398 g/mol. The van der Waals surface area contributed by atoms with Gasteiger partial charge in [0.05, 0.1) is 18.4 Å². The van der Waals surface area contributed by atoms with Crippen molar-refractivity contribution >= 4 is 22.4 Å². The fourth-order valence-electron chi connectivity index (χ4n) is 3.61. The third-order valence-electron chi connectivity index (χ3n) is 5.12. The molecule has 0 fully saturated rings. The summed E-state index contributed by atoms with van der Waals surface area (Å²) in [6.07, 6.45) is 1.63. The molecular formula is C25H22N2O3. The highest BCUT2D eigenvalue weighted by atomic mass is 16.5. The van der Waals surface area contributed by atoms with Gasteiger partial charge >= 0.3 is 0 Å². The average molecular weight is 398 g/mol. The summed E-state index contributed by atoms with van der Waals surface area (Å²) in [5.41, 5.74) is 1.74. The lowest BCUT2D eigenvalue weighted by atomic mass is 10.1. The lowest BCUT2D eigenvalue weighted by Crippen LogP contribution is -2.32. The first-order chi connectivity index (χ1) is 14.6. The number of methoxy groups -OCH3 is 1. The van der Waals surface area contributed by atoms with Crippen molar-refractivity contribution < 1.29 is 9.53 Å². The summed E-state index contributed by atoms with van der Waals surface area (Å²) < 4.78 is 6.82. The van der Waals surface area contributed by atoms with Crippen LogP contribution in [0.5, 0.6) is 5.75 Å². The van der Waals surface area contributed by atoms with Gasteiger partial charge < -0.3 is 9.64 Å². The summed E-state index contributed by atoms with van der Waals surface area (Å²) in [5, 5.41) is 1.14. The summed E-state index contributed by atoms with van der Waals surface area (Å²) in [6.45, 7) is 2.45. The van der Waals surface area contributed by atoms with Crippen molar-refractivity contribution in [1.82, 2.24) is 4.57 Å². The molecule has 5 heteroatoms. The average Bonchev–Trinajstić information content (AvgIpc) is 2.80. The van der Waals surface area contributed by atoms with Crippen molar-refractivity contribution in [3.05, 3.63) is 101 Å². The summed E-state index contributed by atoms with van der Waals surface area (Å²) in [6, 6.07) is 24.0. The molecule has 1 aromatic heterocycles. The van der Waals surface area contributed by atoms with Gasteiger partial charge in [0.15, 0.2) is 0 Å². The van der Waals surface area contributed by atoms with Crippen molar-refractivity contribution in [1.29, 1.82) is 0 Å². The molecule has 0 atom stereocenters. The highest BCUT2D eigenvalue weighted by Gasteiger charge is 2.21. The number of hydrogen-bond acceptors (Lipinski definition) is 3. The minimum Gasteiger partial charge on any atom is -0.497 e. The van der Waals surface area contributed by atoms with Crippen LogP contribution in [-0.2, 0) is 0 Å². The predicted octanol–water partition coefficient (Wildman–Crippen LogP) is 4.67. The molecule has 1 heterocycles. The Bertz CT molecular complexity index is 1260. The van der Waals surface area contributed by atoms with Gasteiger partial charge in [-0.1, -0.05) is 42.5 Å². The van der Waals surface area contributed by atoms with E-state index in [1.165, 1.54) is 4.57 Å². The molecule has 4 rings (SSSR count). The Morgan fingerprint density at radius 3 is 2.33 bits per heavy atom. The minimum atomic E-state index is -0.182. The molecule has 3 aromatic carbocycles. The number of rotatable bonds is 5. The maximum absolute atomic E-state index is 13.6. The van der Waals surface area contributed by atoms with Gasteiger partial charge in [0.25, 0.3) is 11.5 Å². The van der Waals surface area contributed by atoms with E-state index in [1.807, 2.05) is 73.7 Å². The van der Waals surface area contributed by atoms with E-state index in [4.69, 9.17) is 4.74 Å². The number of nitrogens with zero attached hydrogens (tertiary/aromatic N) is 2. The van der Waals surface area contributed by atoms with Crippen LogP contribution in [0.15, 0.2) is 89.9 Å². The Morgan fingerprint density at radius 2 is 1.63 bits per heavy atom. The number of hydrogen-bond donors (Lipinski definition) is 0. The molecule has 0 saturated heterocycles. The van der Waals surface area contributed by atoms with Gasteiger partial charge in [0.2, 0.25) is 0 Å². The van der Waals surface area contributed by atoms with Crippen LogP contribution in [0.4, 0.5) is 5.69 Å². The zero-order valence-electron chi connectivity index (χ0n) is 16.9. The van der Waals surface area contributed by atoms with E-state index in [0.29, 0.717) is 34.3 Å². The van der Waals surface area contributed by atoms with Crippen molar-refractivity contribution in [2.24, 2.45) is 0 Å². The lowest BCUT2D eigenvalue weighted by molar-refractivity contribution is 0.0989. The van der Waals surface area contributed by atoms with Crippen LogP contribution in [0.1, 0.15) is 17.3 Å². The number of pyridine rings is 1. The van der Waals surface area contributed by atoms with Crippen LogP contribution in [0.25, 0.3) is 16.5 Å². The van der Waals surface area contributed by atoms with E-state index in [0.717, 1.165) is 5.69 Å². The summed E-state index contributed by atoms with van der Waals surface area (Å²) in [5.74, 6) is 0.483. The zero-order valence-corrected chi connectivity index (χ0v) is 16.9. The van der Waals surface area contributed by atoms with Gasteiger partial charge in [-0.2, -0.15) is 0 Å². The fraction of sp³-hybridized carbons (Fsp3) is 0.120. The second kappa shape index (κ2) is 8.25. The molecule has 0 spiro atoms. The molecule has 0 aliphatic heterocycles. The largest absolute Gasteiger partial charge is 0.497 e. The summed E-state index contributed by atoms with van der Waals surface area (Å²) in [7, 11) is 1.58. The zero-order chi connectivity index (χ0) is 21.1. The van der Waals surface area contributed by atoms with E-state index in [1.54, 1.807) is 30.3 Å². The second-order valence-electron chi connectivity index (χ2n) is 6.85. The second-order valence-corrected chi connectivity index (χ2v) is 6.85. The number of carbonyl (C=O) groups excluding carboxylic acids is 1. The summed E-state index contributed by atoms with van der Waals surface area (Å²) >= 11 is 0. The maximum atomic E-state index is 13.6. The molecule has 0 aliphatic rings. The molecule has 4 aromatic rings. The molecule has 0 saturated carbocycles. The number of benzene rings is 3. The van der Waals surface area contributed by atoms with Crippen LogP contribution in [0, 0.1) is 0 Å². The lowest BCUT2D eigenvalue weighted by Gasteiger charge is -2.22. The number of fused-ring (bicyclic) bond motifs is 1. The first-order valence-electron chi connectivity index (χ1n) is 9.79. The van der Waals surface area contributed by atoms with Crippen molar-refractivity contribution in [3.8, 4) is 11.4 Å². The maximum Gasteiger partial charge on any atom is 0.262 e. The Balaban J connectivity index is 1.94. The Labute approximate surface area is 174 Å². The van der Waals surface area contributed by atoms with E-state index in [9.17, 15) is 9.59 Å². The molecule has 1 amide bonds. The van der Waals surface area contributed by atoms with Crippen LogP contribution in [-0.4, -0.2) is 24.1 Å². The van der Waals surface area contributed by atoms with Crippen molar-refractivity contribution in [2.75, 3.05) is 18.6 Å². The van der Waals surface area contributed by atoms with Gasteiger partial charge in [-0.25, -0.2) is 0 Å². The number of aromatic nitrogens is 1. The van der Waals surface area contributed by atoms with E-state index in [2.05, 4.69) is 0 Å². The highest BCUT2D eigenvalue weighted by Crippen LogP contribution is 2.23. The van der Waals surface area contributed by atoms with Gasteiger partial charge in [-0.05, 0) is 37.3 Å². The van der Waals surface area contributed by atoms with Crippen LogP contribution in [0.2, 0.25) is 0 Å². The van der Waals surface area contributed by atoms with Crippen LogP contribution >= 0.6 is 0 Å². The molecular weight excluding hydrogens is 376 g/mol. The third kappa shape index (κ3) is 3.46. The number of carbonyl (C=O) groups is 1. The number of amides is 1. The van der Waals surface area contributed by atoms with E-state index in [-0.39, 0.29) is 11.5 Å². The fourth-order valence-corrected chi connectivity index (χ4v) is 3.61. The van der Waals surface area contributed by atoms with Crippen molar-refractivity contribution in [2.45, 2.75) is 6.92 Å². The quantitative estimate of drug-likeness (QED) is 0.491. The molecule has 5 nitrogen and oxygen atoms in total. The minimum absolute atomic E-state index is 0.156. The topological polar surface area (TPSA) is 51.5 Å². The summed E-state index contributed by atoms with van der Waals surface area (Å²) in [4.78, 5) is 28.5. The molecule has 0 N–H and O–H groups in total. The normalized spacial score (nSPS) is 10.7. The molecule has 30 heavy (non-hydrogen) atoms. The standard InChI is InChI=1S/C25H22N2O3/c1-3-26(18-10-5-4-6-11-18)25(29)23-17-27(19-12-9-13-20(16-19)30-2)24(28)22-15-8-7-14-21(22)23/h4-17H,3H2,1-2H3. The van der Waals surface area contributed by atoms with E-state index < -0.39 is 0 Å². The Hall–Kier alpha value is -3.86. The van der Waals surface area contributed by atoms with Gasteiger partial charge in [0, 0.05) is 35.3 Å². The number of para-hydroxylation sites is 1. The SMILES string of the molecule is CCN(C(=O)c1cn(-c2cccc(OC)c2)c(=O)c2ccccc12)c1ccccc1. The predicted molar refractivity (Wildman–Crippen MR) is 120 cm³/mol. The molecule has 0 bridgehead atoms. The van der Waals surface area contributed by atoms with Crippen LogP contribution in [0.3, 0.4) is 0 Å². The highest BCUT2D eigenvalue weighted by molar-refractivity contribution is 6.13. The van der Waals surface area contributed by atoms with Crippen LogP contribution < -0.4 is 15.2 Å². The first kappa shape index (κ1) is 19.5. The molecule has 0 unspecified atom stereocenters. The Morgan fingerprint density at radius 1 is 0.933 bits per heavy atom. The molecule has 0 aliphatic carbocycles. The van der Waals surface area contributed by atoms with Gasteiger partial charge in [-0.3, -0.25) is 14.2 Å². The first-order valence-corrected chi connectivity index (χ1v) is 9.79. The molecule has 0 radical (unpaired) electrons. The van der Waals surface area contributed by atoms with E-state index >= 15 is 0 Å². The Kier molecular flexibility index (Phi) is 5.35. The van der Waals surface area contributed by atoms with Gasteiger partial charge in [-0.15, -0.1) is 0 Å². The third-order valence-corrected chi connectivity index (χ3v) is 5.12. The number of anilines is 1. The number of ether oxygens (including phenoxy) is 1. The van der Waals surface area contributed by atoms with Crippen molar-refractivity contribution in [3.63, 3.8) is 0 Å². The smallest absolute Gasteiger partial charge is 0.262 e.